The molecule has 0 saturated carbocycles. The predicted molar refractivity (Wildman–Crippen MR) is 131 cm³/mol. The van der Waals surface area contributed by atoms with E-state index in [4.69, 9.17) is 15.9 Å². The molecular formula is C23H28BrN5O4. The number of rotatable bonds is 4. The van der Waals surface area contributed by atoms with E-state index >= 15 is 0 Å². The van der Waals surface area contributed by atoms with E-state index in [1.54, 1.807) is 26.2 Å². The van der Waals surface area contributed by atoms with E-state index in [2.05, 4.69) is 36.3 Å². The van der Waals surface area contributed by atoms with Crippen molar-refractivity contribution in [2.45, 2.75) is 39.7 Å². The van der Waals surface area contributed by atoms with E-state index in [1.165, 1.54) is 13.8 Å². The first-order valence-corrected chi connectivity index (χ1v) is 10.9. The summed E-state index contributed by atoms with van der Waals surface area (Å²) in [5, 5.41) is 32.9. The maximum atomic E-state index is 11.0. The van der Waals surface area contributed by atoms with Crippen molar-refractivity contribution in [1.82, 2.24) is 20.4 Å². The van der Waals surface area contributed by atoms with Crippen LogP contribution in [0.2, 0.25) is 0 Å². The topological polar surface area (TPSA) is 158 Å². The normalized spacial score (nSPS) is 11.3. The fourth-order valence-corrected chi connectivity index (χ4v) is 2.98. The maximum Gasteiger partial charge on any atom is 0.323 e. The van der Waals surface area contributed by atoms with Crippen LogP contribution in [0.1, 0.15) is 33.3 Å². The van der Waals surface area contributed by atoms with Crippen LogP contribution in [0, 0.1) is 5.41 Å². The SMILES string of the molecule is Brc1ccc2[nH]ncc2c1.CC(C)(Cc1ccc2[nH]ncc2c1)C(=O)O.CC(C)(N)C(=O)O. The van der Waals surface area contributed by atoms with Gasteiger partial charge in [-0.3, -0.25) is 19.8 Å². The average molecular weight is 518 g/mol. The van der Waals surface area contributed by atoms with E-state index < -0.39 is 22.9 Å². The number of carboxylic acid groups (broad SMARTS) is 2. The predicted octanol–water partition coefficient (Wildman–Crippen LogP) is 4.35. The Morgan fingerprint density at radius 2 is 1.39 bits per heavy atom. The van der Waals surface area contributed by atoms with E-state index in [1.807, 2.05) is 36.4 Å². The van der Waals surface area contributed by atoms with Crippen molar-refractivity contribution in [3.8, 4) is 0 Å². The highest BCUT2D eigenvalue weighted by atomic mass is 79.9. The van der Waals surface area contributed by atoms with Crippen molar-refractivity contribution >= 4 is 49.7 Å². The average Bonchev–Trinajstić information content (AvgIpc) is 3.36. The number of aliphatic carboxylic acids is 2. The van der Waals surface area contributed by atoms with Crippen LogP contribution in [0.3, 0.4) is 0 Å². The van der Waals surface area contributed by atoms with Gasteiger partial charge >= 0.3 is 11.9 Å². The number of nitrogens with two attached hydrogens (primary N) is 1. The Morgan fingerprint density at radius 1 is 0.909 bits per heavy atom. The Balaban J connectivity index is 0.000000194. The summed E-state index contributed by atoms with van der Waals surface area (Å²) in [6.45, 7) is 6.34. The molecular weight excluding hydrogens is 490 g/mol. The highest BCUT2D eigenvalue weighted by molar-refractivity contribution is 9.10. The van der Waals surface area contributed by atoms with Gasteiger partial charge in [0.15, 0.2) is 0 Å². The summed E-state index contributed by atoms with van der Waals surface area (Å²) in [4.78, 5) is 20.9. The number of nitrogens with zero attached hydrogens (tertiary/aromatic N) is 2. The van der Waals surface area contributed by atoms with Crippen LogP contribution >= 0.6 is 15.9 Å². The quantitative estimate of drug-likeness (QED) is 0.269. The van der Waals surface area contributed by atoms with Crippen LogP contribution in [0.15, 0.2) is 53.3 Å². The van der Waals surface area contributed by atoms with Gasteiger partial charge in [0, 0.05) is 15.2 Å². The lowest BCUT2D eigenvalue weighted by Crippen LogP contribution is -2.41. The molecule has 33 heavy (non-hydrogen) atoms. The van der Waals surface area contributed by atoms with Crippen LogP contribution in [0.4, 0.5) is 0 Å². The largest absolute Gasteiger partial charge is 0.481 e. The second-order valence-corrected chi connectivity index (χ2v) is 9.70. The molecule has 10 heteroatoms. The van der Waals surface area contributed by atoms with Crippen LogP contribution in [-0.2, 0) is 16.0 Å². The van der Waals surface area contributed by atoms with Gasteiger partial charge in [-0.2, -0.15) is 10.2 Å². The smallest absolute Gasteiger partial charge is 0.323 e. The van der Waals surface area contributed by atoms with Crippen LogP contribution in [-0.4, -0.2) is 48.1 Å². The monoisotopic (exact) mass is 517 g/mol. The number of halogens is 1. The summed E-state index contributed by atoms with van der Waals surface area (Å²) < 4.78 is 1.08. The lowest BCUT2D eigenvalue weighted by Gasteiger charge is -2.18. The van der Waals surface area contributed by atoms with Gasteiger partial charge in [-0.1, -0.05) is 22.0 Å². The van der Waals surface area contributed by atoms with Gasteiger partial charge in [0.1, 0.15) is 5.54 Å². The first-order valence-electron chi connectivity index (χ1n) is 10.1. The van der Waals surface area contributed by atoms with Gasteiger partial charge in [0.05, 0.1) is 28.8 Å². The lowest BCUT2D eigenvalue weighted by atomic mass is 9.86. The Kier molecular flexibility index (Phi) is 8.34. The first-order chi connectivity index (χ1) is 15.3. The number of aromatic nitrogens is 4. The van der Waals surface area contributed by atoms with Gasteiger partial charge in [-0.05, 0) is 70.0 Å². The molecule has 2 heterocycles. The number of hydrogen-bond donors (Lipinski definition) is 5. The summed E-state index contributed by atoms with van der Waals surface area (Å²) in [5.74, 6) is -1.76. The first kappa shape index (κ1) is 26.0. The van der Waals surface area contributed by atoms with Crippen molar-refractivity contribution in [1.29, 1.82) is 0 Å². The number of hydrogen-bond acceptors (Lipinski definition) is 5. The molecule has 0 spiro atoms. The Morgan fingerprint density at radius 3 is 1.88 bits per heavy atom. The standard InChI is InChI=1S/C12H14N2O2.C7H5BrN2.C4H9NO2/c1-12(2,11(15)16)6-8-3-4-10-9(5-8)7-13-14-10;8-6-1-2-7-5(3-6)4-9-10-7;1-4(2,5)3(6)7/h3-5,7H,6H2,1-2H3,(H,13,14)(H,15,16);1-4H,(H,9,10);5H2,1-2H3,(H,6,7). The summed E-state index contributed by atoms with van der Waals surface area (Å²) in [5.41, 5.74) is 6.31. The highest BCUT2D eigenvalue weighted by Crippen LogP contribution is 2.24. The third-order valence-electron chi connectivity index (χ3n) is 4.68. The summed E-state index contributed by atoms with van der Waals surface area (Å²) in [6, 6.07) is 11.8. The minimum Gasteiger partial charge on any atom is -0.481 e. The molecule has 0 radical (unpaired) electrons. The molecule has 0 aliphatic carbocycles. The van der Waals surface area contributed by atoms with Crippen molar-refractivity contribution in [3.05, 3.63) is 58.8 Å². The lowest BCUT2D eigenvalue weighted by molar-refractivity contribution is -0.146. The van der Waals surface area contributed by atoms with E-state index in [0.717, 1.165) is 31.8 Å². The zero-order valence-electron chi connectivity index (χ0n) is 18.9. The molecule has 0 aliphatic rings. The van der Waals surface area contributed by atoms with Crippen molar-refractivity contribution in [2.75, 3.05) is 0 Å². The zero-order chi connectivity index (χ0) is 24.8. The molecule has 4 rings (SSSR count). The summed E-state index contributed by atoms with van der Waals surface area (Å²) in [7, 11) is 0. The summed E-state index contributed by atoms with van der Waals surface area (Å²) in [6.07, 6.45) is 4.07. The Bertz CT molecular complexity index is 1240. The zero-order valence-corrected chi connectivity index (χ0v) is 20.5. The van der Waals surface area contributed by atoms with Crippen LogP contribution < -0.4 is 5.73 Å². The van der Waals surface area contributed by atoms with E-state index in [-0.39, 0.29) is 0 Å². The van der Waals surface area contributed by atoms with Crippen molar-refractivity contribution < 1.29 is 19.8 Å². The number of nitrogens with one attached hydrogen (secondary N) is 2. The molecule has 0 unspecified atom stereocenters. The minimum atomic E-state index is -1.08. The number of aromatic amines is 2. The number of carbonyl (C=O) groups is 2. The molecule has 0 atom stereocenters. The molecule has 9 nitrogen and oxygen atoms in total. The van der Waals surface area contributed by atoms with Gasteiger partial charge in [0.25, 0.3) is 0 Å². The van der Waals surface area contributed by atoms with Crippen molar-refractivity contribution in [3.63, 3.8) is 0 Å². The number of carboxylic acids is 2. The van der Waals surface area contributed by atoms with Gasteiger partial charge in [-0.25, -0.2) is 0 Å². The molecule has 6 N–H and O–H groups in total. The third-order valence-corrected chi connectivity index (χ3v) is 5.18. The third kappa shape index (κ3) is 7.69. The van der Waals surface area contributed by atoms with Gasteiger partial charge in [0.2, 0.25) is 0 Å². The molecule has 0 amide bonds. The van der Waals surface area contributed by atoms with Crippen LogP contribution in [0.5, 0.6) is 0 Å². The molecule has 2 aromatic heterocycles. The number of H-pyrrole nitrogens is 2. The highest BCUT2D eigenvalue weighted by Gasteiger charge is 2.27. The van der Waals surface area contributed by atoms with Gasteiger partial charge < -0.3 is 15.9 Å². The Labute approximate surface area is 199 Å². The van der Waals surface area contributed by atoms with Crippen molar-refractivity contribution in [2.24, 2.45) is 11.1 Å². The number of benzene rings is 2. The minimum absolute atomic E-state index is 0.517. The van der Waals surface area contributed by atoms with Crippen LogP contribution in [0.25, 0.3) is 21.8 Å². The second kappa shape index (κ2) is 10.6. The molecule has 0 bridgehead atoms. The second-order valence-electron chi connectivity index (χ2n) is 8.79. The Hall–Kier alpha value is -3.24. The fourth-order valence-electron chi connectivity index (χ4n) is 2.60. The molecule has 2 aromatic carbocycles. The maximum absolute atomic E-state index is 11.0. The summed E-state index contributed by atoms with van der Waals surface area (Å²) >= 11 is 3.38. The molecule has 4 aromatic rings. The fraction of sp³-hybridized carbons (Fsp3) is 0.304. The van der Waals surface area contributed by atoms with E-state index in [9.17, 15) is 9.59 Å². The van der Waals surface area contributed by atoms with Gasteiger partial charge in [-0.15, -0.1) is 0 Å². The van der Waals surface area contributed by atoms with E-state index in [0.29, 0.717) is 6.42 Å². The number of fused-ring (bicyclic) bond motifs is 2. The molecule has 0 saturated heterocycles. The molecule has 0 aliphatic heterocycles. The molecule has 0 fully saturated rings. The molecule has 176 valence electrons.